The number of carbonyl (C=O) groups excluding carboxylic acids is 1. The maximum absolute atomic E-state index is 11.2. The minimum absolute atomic E-state index is 0.333. The van der Waals surface area contributed by atoms with Crippen molar-refractivity contribution in [3.63, 3.8) is 0 Å². The Morgan fingerprint density at radius 2 is 2.17 bits per heavy atom. The number of anilines is 1. The molecule has 0 fully saturated rings. The number of benzene rings is 1. The maximum atomic E-state index is 11.2. The molecule has 4 nitrogen and oxygen atoms in total. The highest BCUT2D eigenvalue weighted by atomic mass is 79.9. The van der Waals surface area contributed by atoms with E-state index in [0.29, 0.717) is 23.6 Å². The van der Waals surface area contributed by atoms with Gasteiger partial charge >= 0.3 is 0 Å². The van der Waals surface area contributed by atoms with E-state index >= 15 is 0 Å². The molecular formula is C12H11BrN2O2S. The summed E-state index contributed by atoms with van der Waals surface area (Å²) in [6.45, 7) is 0.375. The number of ether oxygens (including phenoxy) is 1. The maximum Gasteiger partial charge on any atom is 0.252 e. The van der Waals surface area contributed by atoms with Gasteiger partial charge in [-0.1, -0.05) is 0 Å². The average molecular weight is 327 g/mol. The molecule has 2 aromatic rings. The number of carbonyl (C=O) groups is 1. The van der Waals surface area contributed by atoms with Crippen molar-refractivity contribution in [2.45, 2.75) is 6.61 Å². The van der Waals surface area contributed by atoms with Crippen molar-refractivity contribution in [2.24, 2.45) is 5.73 Å². The quantitative estimate of drug-likeness (QED) is 0.848. The zero-order valence-corrected chi connectivity index (χ0v) is 11.8. The molecule has 0 saturated heterocycles. The van der Waals surface area contributed by atoms with Crippen molar-refractivity contribution in [2.75, 3.05) is 5.73 Å². The van der Waals surface area contributed by atoms with Crippen LogP contribution in [0, 0.1) is 0 Å². The van der Waals surface area contributed by atoms with Gasteiger partial charge in [0, 0.05) is 26.5 Å². The minimum atomic E-state index is -0.530. The number of primary amides is 1. The van der Waals surface area contributed by atoms with Crippen molar-refractivity contribution < 1.29 is 9.53 Å². The van der Waals surface area contributed by atoms with E-state index in [1.54, 1.807) is 29.5 Å². The molecule has 0 unspecified atom stereocenters. The third-order valence-corrected chi connectivity index (χ3v) is 3.93. The molecule has 0 aliphatic heterocycles. The standard InChI is InChI=1S/C12H11BrN2O2S/c13-7-3-9(18-6-7)5-17-11-4-8(14)1-2-10(11)12(15)16/h1-4,6H,5,14H2,(H2,15,16). The summed E-state index contributed by atoms with van der Waals surface area (Å²) in [6.07, 6.45) is 0. The van der Waals surface area contributed by atoms with Gasteiger partial charge < -0.3 is 16.2 Å². The highest BCUT2D eigenvalue weighted by molar-refractivity contribution is 9.10. The predicted molar refractivity (Wildman–Crippen MR) is 75.7 cm³/mol. The summed E-state index contributed by atoms with van der Waals surface area (Å²) in [5.74, 6) is -0.121. The first-order valence-corrected chi connectivity index (χ1v) is 6.78. The van der Waals surface area contributed by atoms with E-state index in [4.69, 9.17) is 16.2 Å². The molecule has 1 aromatic heterocycles. The van der Waals surface area contributed by atoms with Gasteiger partial charge in [0.05, 0.1) is 5.56 Å². The topological polar surface area (TPSA) is 78.3 Å². The molecule has 0 aliphatic carbocycles. The summed E-state index contributed by atoms with van der Waals surface area (Å²) in [7, 11) is 0. The van der Waals surface area contributed by atoms with Crippen molar-refractivity contribution in [3.05, 3.63) is 44.6 Å². The van der Waals surface area contributed by atoms with E-state index in [9.17, 15) is 4.79 Å². The van der Waals surface area contributed by atoms with Crippen LogP contribution in [-0.2, 0) is 6.61 Å². The second kappa shape index (κ2) is 5.41. The van der Waals surface area contributed by atoms with Gasteiger partial charge in [-0.05, 0) is 34.1 Å². The number of hydrogen-bond donors (Lipinski definition) is 2. The van der Waals surface area contributed by atoms with Gasteiger partial charge in [0.2, 0.25) is 0 Å². The van der Waals surface area contributed by atoms with Crippen molar-refractivity contribution >= 4 is 38.9 Å². The van der Waals surface area contributed by atoms with Crippen molar-refractivity contribution in [3.8, 4) is 5.75 Å². The summed E-state index contributed by atoms with van der Waals surface area (Å²) in [4.78, 5) is 12.3. The minimum Gasteiger partial charge on any atom is -0.487 e. The molecule has 0 atom stereocenters. The summed E-state index contributed by atoms with van der Waals surface area (Å²) < 4.78 is 6.60. The van der Waals surface area contributed by atoms with Gasteiger partial charge in [-0.3, -0.25) is 4.79 Å². The van der Waals surface area contributed by atoms with E-state index < -0.39 is 5.91 Å². The molecule has 0 bridgehead atoms. The van der Waals surface area contributed by atoms with E-state index in [1.165, 1.54) is 0 Å². The Balaban J connectivity index is 2.17. The van der Waals surface area contributed by atoms with Crippen LogP contribution in [-0.4, -0.2) is 5.91 Å². The van der Waals surface area contributed by atoms with Gasteiger partial charge in [-0.15, -0.1) is 11.3 Å². The van der Waals surface area contributed by atoms with Gasteiger partial charge in [-0.25, -0.2) is 0 Å². The Morgan fingerprint density at radius 1 is 1.39 bits per heavy atom. The van der Waals surface area contributed by atoms with Crippen LogP contribution in [0.2, 0.25) is 0 Å². The lowest BCUT2D eigenvalue weighted by atomic mass is 10.1. The Hall–Kier alpha value is -1.53. The van der Waals surface area contributed by atoms with Gasteiger partial charge in [-0.2, -0.15) is 0 Å². The molecule has 18 heavy (non-hydrogen) atoms. The van der Waals surface area contributed by atoms with Gasteiger partial charge in [0.15, 0.2) is 0 Å². The van der Waals surface area contributed by atoms with Crippen LogP contribution >= 0.6 is 27.3 Å². The Kier molecular flexibility index (Phi) is 3.88. The Bertz CT molecular complexity index is 583. The molecule has 1 amide bonds. The summed E-state index contributed by atoms with van der Waals surface area (Å²) in [5, 5.41) is 1.97. The van der Waals surface area contributed by atoms with Crippen molar-refractivity contribution in [1.29, 1.82) is 0 Å². The molecule has 4 N–H and O–H groups in total. The Labute approximate surface area is 117 Å². The second-order valence-electron chi connectivity index (χ2n) is 3.64. The van der Waals surface area contributed by atoms with Gasteiger partial charge in [0.1, 0.15) is 12.4 Å². The third kappa shape index (κ3) is 3.02. The van der Waals surface area contributed by atoms with Crippen LogP contribution in [0.1, 0.15) is 15.2 Å². The normalized spacial score (nSPS) is 10.3. The summed E-state index contributed by atoms with van der Waals surface area (Å²) in [5.41, 5.74) is 11.8. The van der Waals surface area contributed by atoms with Crippen LogP contribution < -0.4 is 16.2 Å². The molecule has 0 saturated carbocycles. The monoisotopic (exact) mass is 326 g/mol. The fraction of sp³-hybridized carbons (Fsp3) is 0.0833. The number of amides is 1. The van der Waals surface area contributed by atoms with E-state index in [2.05, 4.69) is 15.9 Å². The largest absolute Gasteiger partial charge is 0.487 e. The van der Waals surface area contributed by atoms with E-state index in [1.807, 2.05) is 11.4 Å². The zero-order chi connectivity index (χ0) is 13.1. The molecule has 1 aromatic carbocycles. The first kappa shape index (κ1) is 12.9. The molecule has 0 aliphatic rings. The zero-order valence-electron chi connectivity index (χ0n) is 9.35. The molecule has 0 radical (unpaired) electrons. The first-order valence-electron chi connectivity index (χ1n) is 5.11. The smallest absolute Gasteiger partial charge is 0.252 e. The van der Waals surface area contributed by atoms with Crippen LogP contribution in [0.3, 0.4) is 0 Å². The number of halogens is 1. The molecule has 0 spiro atoms. The number of thiophene rings is 1. The third-order valence-electron chi connectivity index (χ3n) is 2.26. The Morgan fingerprint density at radius 3 is 2.78 bits per heavy atom. The number of nitrogens with two attached hydrogens (primary N) is 2. The lowest BCUT2D eigenvalue weighted by molar-refractivity contribution is 0.0996. The number of rotatable bonds is 4. The highest BCUT2D eigenvalue weighted by Crippen LogP contribution is 2.25. The average Bonchev–Trinajstić information content (AvgIpc) is 2.72. The highest BCUT2D eigenvalue weighted by Gasteiger charge is 2.10. The number of nitrogen functional groups attached to an aromatic ring is 1. The van der Waals surface area contributed by atoms with Crippen LogP contribution in [0.4, 0.5) is 5.69 Å². The fourth-order valence-electron chi connectivity index (χ4n) is 1.44. The molecule has 94 valence electrons. The van der Waals surface area contributed by atoms with E-state index in [0.717, 1.165) is 9.35 Å². The lowest BCUT2D eigenvalue weighted by Gasteiger charge is -2.09. The van der Waals surface area contributed by atoms with Gasteiger partial charge in [0.25, 0.3) is 5.91 Å². The van der Waals surface area contributed by atoms with Crippen LogP contribution in [0.5, 0.6) is 5.75 Å². The molecule has 6 heteroatoms. The summed E-state index contributed by atoms with van der Waals surface area (Å²) >= 11 is 4.94. The number of hydrogen-bond acceptors (Lipinski definition) is 4. The van der Waals surface area contributed by atoms with E-state index in [-0.39, 0.29) is 0 Å². The van der Waals surface area contributed by atoms with Crippen molar-refractivity contribution in [1.82, 2.24) is 0 Å². The van der Waals surface area contributed by atoms with Crippen LogP contribution in [0.25, 0.3) is 0 Å². The molecular weight excluding hydrogens is 316 g/mol. The predicted octanol–water partition coefficient (Wildman–Crippen LogP) is 2.77. The second-order valence-corrected chi connectivity index (χ2v) is 5.55. The molecule has 1 heterocycles. The fourth-order valence-corrected chi connectivity index (χ4v) is 2.80. The SMILES string of the molecule is NC(=O)c1ccc(N)cc1OCc1cc(Br)cs1. The van der Waals surface area contributed by atoms with Crippen LogP contribution in [0.15, 0.2) is 34.1 Å². The molecule has 2 rings (SSSR count). The first-order chi connectivity index (χ1) is 8.56. The summed E-state index contributed by atoms with van der Waals surface area (Å²) in [6, 6.07) is 6.75. The lowest BCUT2D eigenvalue weighted by Crippen LogP contribution is -2.13.